The van der Waals surface area contributed by atoms with Gasteiger partial charge in [0.05, 0.1) is 24.1 Å². The molecular formula is C15H22N4O. The van der Waals surface area contributed by atoms with Gasteiger partial charge in [0, 0.05) is 13.1 Å². The zero-order valence-corrected chi connectivity index (χ0v) is 12.1. The molecule has 0 saturated heterocycles. The summed E-state index contributed by atoms with van der Waals surface area (Å²) in [6.07, 6.45) is 0.956. The van der Waals surface area contributed by atoms with Crippen LogP contribution in [0.3, 0.4) is 0 Å². The molecule has 108 valence electrons. The van der Waals surface area contributed by atoms with E-state index >= 15 is 0 Å². The van der Waals surface area contributed by atoms with E-state index in [9.17, 15) is 4.79 Å². The molecule has 0 bridgehead atoms. The molecule has 2 rings (SSSR count). The summed E-state index contributed by atoms with van der Waals surface area (Å²) in [7, 11) is 0. The summed E-state index contributed by atoms with van der Waals surface area (Å²) < 4.78 is 2.17. The van der Waals surface area contributed by atoms with E-state index in [1.807, 2.05) is 25.1 Å². The Morgan fingerprint density at radius 3 is 2.85 bits per heavy atom. The highest BCUT2D eigenvalue weighted by atomic mass is 16.1. The topological polar surface area (TPSA) is 59.0 Å². The number of hydrogen-bond donors (Lipinski definition) is 2. The van der Waals surface area contributed by atoms with Crippen LogP contribution < -0.4 is 10.6 Å². The van der Waals surface area contributed by atoms with Gasteiger partial charge in [-0.1, -0.05) is 19.1 Å². The number of amides is 1. The van der Waals surface area contributed by atoms with Crippen molar-refractivity contribution >= 4 is 16.9 Å². The Kier molecular flexibility index (Phi) is 5.12. The molecular weight excluding hydrogens is 252 g/mol. The molecule has 0 unspecified atom stereocenters. The Balaban J connectivity index is 1.97. The summed E-state index contributed by atoms with van der Waals surface area (Å²) in [6, 6.07) is 8.10. The van der Waals surface area contributed by atoms with Crippen LogP contribution in [0, 0.1) is 0 Å². The first-order chi connectivity index (χ1) is 9.76. The van der Waals surface area contributed by atoms with Gasteiger partial charge in [0.1, 0.15) is 5.82 Å². The lowest BCUT2D eigenvalue weighted by atomic mass is 10.3. The Bertz CT molecular complexity index is 576. The SMILES string of the molecule is CCCNC(=O)CNCc1nc2ccccc2n1CC. The summed E-state index contributed by atoms with van der Waals surface area (Å²) >= 11 is 0. The fraction of sp³-hybridized carbons (Fsp3) is 0.467. The molecule has 2 aromatic rings. The van der Waals surface area contributed by atoms with Crippen molar-refractivity contribution in [3.63, 3.8) is 0 Å². The highest BCUT2D eigenvalue weighted by Crippen LogP contribution is 2.15. The average molecular weight is 274 g/mol. The van der Waals surface area contributed by atoms with Gasteiger partial charge < -0.3 is 15.2 Å². The molecule has 1 heterocycles. The fourth-order valence-corrected chi connectivity index (χ4v) is 2.23. The molecule has 1 aromatic heterocycles. The van der Waals surface area contributed by atoms with Gasteiger partial charge in [-0.3, -0.25) is 4.79 Å². The second-order valence-corrected chi connectivity index (χ2v) is 4.71. The van der Waals surface area contributed by atoms with Crippen molar-refractivity contribution in [3.05, 3.63) is 30.1 Å². The van der Waals surface area contributed by atoms with Gasteiger partial charge in [-0.05, 0) is 25.5 Å². The van der Waals surface area contributed by atoms with E-state index < -0.39 is 0 Å². The standard InChI is InChI=1S/C15H22N4O/c1-3-9-17-15(20)11-16-10-14-18-12-7-5-6-8-13(12)19(14)4-2/h5-8,16H,3-4,9-11H2,1-2H3,(H,17,20). The zero-order chi connectivity index (χ0) is 14.4. The van der Waals surface area contributed by atoms with E-state index in [0.29, 0.717) is 13.1 Å². The molecule has 0 aliphatic heterocycles. The minimum atomic E-state index is 0.0333. The maximum Gasteiger partial charge on any atom is 0.233 e. The fourth-order valence-electron chi connectivity index (χ4n) is 2.23. The Morgan fingerprint density at radius 2 is 2.10 bits per heavy atom. The predicted octanol–water partition coefficient (Wildman–Crippen LogP) is 1.67. The van der Waals surface area contributed by atoms with E-state index in [4.69, 9.17) is 0 Å². The minimum Gasteiger partial charge on any atom is -0.355 e. The number of benzene rings is 1. The Morgan fingerprint density at radius 1 is 1.30 bits per heavy atom. The van der Waals surface area contributed by atoms with E-state index in [-0.39, 0.29) is 5.91 Å². The van der Waals surface area contributed by atoms with Crippen molar-refractivity contribution in [2.45, 2.75) is 33.4 Å². The highest BCUT2D eigenvalue weighted by Gasteiger charge is 2.09. The van der Waals surface area contributed by atoms with Crippen molar-refractivity contribution in [3.8, 4) is 0 Å². The summed E-state index contributed by atoms with van der Waals surface area (Å²) in [5.41, 5.74) is 2.14. The largest absolute Gasteiger partial charge is 0.355 e. The van der Waals surface area contributed by atoms with Crippen LogP contribution in [0.2, 0.25) is 0 Å². The Labute approximate surface area is 119 Å². The first kappa shape index (κ1) is 14.5. The third kappa shape index (κ3) is 3.36. The van der Waals surface area contributed by atoms with Crippen molar-refractivity contribution in [1.29, 1.82) is 0 Å². The summed E-state index contributed by atoms with van der Waals surface area (Å²) in [4.78, 5) is 16.1. The normalized spacial score (nSPS) is 10.9. The molecule has 2 N–H and O–H groups in total. The van der Waals surface area contributed by atoms with Crippen LogP contribution in [0.15, 0.2) is 24.3 Å². The van der Waals surface area contributed by atoms with E-state index in [0.717, 1.165) is 36.4 Å². The van der Waals surface area contributed by atoms with Crippen LogP contribution in [-0.2, 0) is 17.9 Å². The first-order valence-electron chi connectivity index (χ1n) is 7.17. The number of imidazole rings is 1. The number of para-hydroxylation sites is 2. The van der Waals surface area contributed by atoms with Crippen molar-refractivity contribution < 1.29 is 4.79 Å². The molecule has 20 heavy (non-hydrogen) atoms. The van der Waals surface area contributed by atoms with Crippen LogP contribution in [0.1, 0.15) is 26.1 Å². The monoisotopic (exact) mass is 274 g/mol. The van der Waals surface area contributed by atoms with Gasteiger partial charge in [-0.15, -0.1) is 0 Å². The number of rotatable bonds is 7. The summed E-state index contributed by atoms with van der Waals surface area (Å²) in [5.74, 6) is 1.00. The van der Waals surface area contributed by atoms with Gasteiger partial charge in [0.15, 0.2) is 0 Å². The number of carbonyl (C=O) groups excluding carboxylic acids is 1. The van der Waals surface area contributed by atoms with Crippen LogP contribution in [0.5, 0.6) is 0 Å². The van der Waals surface area contributed by atoms with Gasteiger partial charge >= 0.3 is 0 Å². The van der Waals surface area contributed by atoms with Crippen LogP contribution >= 0.6 is 0 Å². The molecule has 0 saturated carbocycles. The lowest BCUT2D eigenvalue weighted by Gasteiger charge is -2.07. The quantitative estimate of drug-likeness (QED) is 0.807. The first-order valence-corrected chi connectivity index (χ1v) is 7.17. The summed E-state index contributed by atoms with van der Waals surface area (Å²) in [6.45, 7) is 6.67. The predicted molar refractivity (Wildman–Crippen MR) is 80.4 cm³/mol. The minimum absolute atomic E-state index is 0.0333. The van der Waals surface area contributed by atoms with Crippen molar-refractivity contribution in [2.24, 2.45) is 0 Å². The molecule has 1 aromatic carbocycles. The lowest BCUT2D eigenvalue weighted by molar-refractivity contribution is -0.120. The van der Waals surface area contributed by atoms with Crippen LogP contribution in [0.4, 0.5) is 0 Å². The third-order valence-electron chi connectivity index (χ3n) is 3.19. The van der Waals surface area contributed by atoms with Crippen molar-refractivity contribution in [1.82, 2.24) is 20.2 Å². The average Bonchev–Trinajstić information content (AvgIpc) is 2.82. The number of aromatic nitrogens is 2. The summed E-state index contributed by atoms with van der Waals surface area (Å²) in [5, 5.41) is 6.00. The van der Waals surface area contributed by atoms with E-state index in [1.54, 1.807) is 0 Å². The molecule has 0 aliphatic carbocycles. The van der Waals surface area contributed by atoms with Gasteiger partial charge in [0.2, 0.25) is 5.91 Å². The third-order valence-corrected chi connectivity index (χ3v) is 3.19. The second kappa shape index (κ2) is 7.05. The van der Waals surface area contributed by atoms with Crippen LogP contribution in [0.25, 0.3) is 11.0 Å². The molecule has 0 aliphatic rings. The van der Waals surface area contributed by atoms with Gasteiger partial charge in [-0.25, -0.2) is 4.98 Å². The number of carbonyl (C=O) groups is 1. The number of nitrogens with zero attached hydrogens (tertiary/aromatic N) is 2. The highest BCUT2D eigenvalue weighted by molar-refractivity contribution is 5.78. The molecule has 0 atom stereocenters. The van der Waals surface area contributed by atoms with Gasteiger partial charge in [0.25, 0.3) is 0 Å². The molecule has 0 spiro atoms. The smallest absolute Gasteiger partial charge is 0.233 e. The number of nitrogens with one attached hydrogen (secondary N) is 2. The molecule has 5 nitrogen and oxygen atoms in total. The van der Waals surface area contributed by atoms with E-state index in [2.05, 4.69) is 33.2 Å². The van der Waals surface area contributed by atoms with Gasteiger partial charge in [-0.2, -0.15) is 0 Å². The zero-order valence-electron chi connectivity index (χ0n) is 12.1. The Hall–Kier alpha value is -1.88. The number of aryl methyl sites for hydroxylation is 1. The molecule has 0 radical (unpaired) electrons. The van der Waals surface area contributed by atoms with E-state index in [1.165, 1.54) is 0 Å². The number of fused-ring (bicyclic) bond motifs is 1. The van der Waals surface area contributed by atoms with Crippen LogP contribution in [-0.4, -0.2) is 28.5 Å². The molecule has 5 heteroatoms. The lowest BCUT2D eigenvalue weighted by Crippen LogP contribution is -2.34. The van der Waals surface area contributed by atoms with Crippen molar-refractivity contribution in [2.75, 3.05) is 13.1 Å². The molecule has 1 amide bonds. The maximum absolute atomic E-state index is 11.5. The second-order valence-electron chi connectivity index (χ2n) is 4.71. The maximum atomic E-state index is 11.5. The number of hydrogen-bond acceptors (Lipinski definition) is 3. The molecule has 0 fully saturated rings.